The Labute approximate surface area is 201 Å². The van der Waals surface area contributed by atoms with Gasteiger partial charge in [-0.2, -0.15) is 0 Å². The number of halogens is 2. The van der Waals surface area contributed by atoms with E-state index in [1.165, 1.54) is 13.0 Å². The molecular weight excluding hydrogens is 461 g/mol. The third-order valence-corrected chi connectivity index (χ3v) is 5.81. The molecule has 0 spiro atoms. The predicted octanol–water partition coefficient (Wildman–Crippen LogP) is 6.42. The van der Waals surface area contributed by atoms with Crippen LogP contribution in [0.15, 0.2) is 65.1 Å². The summed E-state index contributed by atoms with van der Waals surface area (Å²) in [7, 11) is 1.57. The van der Waals surface area contributed by atoms with Crippen LogP contribution in [0.25, 0.3) is 22.1 Å². The summed E-state index contributed by atoms with van der Waals surface area (Å²) in [5.41, 5.74) is 4.42. The van der Waals surface area contributed by atoms with Crippen molar-refractivity contribution >= 4 is 45.9 Å². The molecule has 0 radical (unpaired) electrons. The van der Waals surface area contributed by atoms with Crippen molar-refractivity contribution in [1.82, 2.24) is 5.32 Å². The molecule has 33 heavy (non-hydrogen) atoms. The summed E-state index contributed by atoms with van der Waals surface area (Å²) < 4.78 is 11.4. The Morgan fingerprint density at radius 2 is 1.79 bits per heavy atom. The number of hydrogen-bond acceptors (Lipinski definition) is 4. The smallest absolute Gasteiger partial charge is 0.230 e. The molecule has 0 saturated heterocycles. The van der Waals surface area contributed by atoms with Gasteiger partial charge in [0, 0.05) is 42.1 Å². The van der Waals surface area contributed by atoms with Crippen LogP contribution in [0.4, 0.5) is 0 Å². The van der Waals surface area contributed by atoms with Gasteiger partial charge in [-0.05, 0) is 47.0 Å². The molecule has 0 bridgehead atoms. The molecule has 0 atom stereocenters. The minimum absolute atomic E-state index is 0.0823. The van der Waals surface area contributed by atoms with Crippen molar-refractivity contribution in [3.8, 4) is 11.1 Å². The summed E-state index contributed by atoms with van der Waals surface area (Å²) in [4.78, 5) is 24.5. The van der Waals surface area contributed by atoms with Crippen LogP contribution >= 0.6 is 23.2 Å². The van der Waals surface area contributed by atoms with E-state index in [1.54, 1.807) is 19.2 Å². The van der Waals surface area contributed by atoms with Crippen LogP contribution in [0.3, 0.4) is 0 Å². The van der Waals surface area contributed by atoms with E-state index >= 15 is 0 Å². The van der Waals surface area contributed by atoms with Gasteiger partial charge < -0.3 is 14.5 Å². The lowest BCUT2D eigenvalue weighted by Crippen LogP contribution is -2.18. The van der Waals surface area contributed by atoms with Gasteiger partial charge in [0.25, 0.3) is 0 Å². The predicted molar refractivity (Wildman–Crippen MR) is 130 cm³/mol. The lowest BCUT2D eigenvalue weighted by atomic mass is 10.00. The van der Waals surface area contributed by atoms with Gasteiger partial charge in [-0.15, -0.1) is 0 Å². The average molecular weight is 482 g/mol. The lowest BCUT2D eigenvalue weighted by molar-refractivity contribution is -0.119. The molecule has 1 N–H and O–H groups in total. The molecule has 168 valence electrons. The molecule has 1 heterocycles. The Hall–Kier alpha value is -3.12. The second kappa shape index (κ2) is 9.79. The van der Waals surface area contributed by atoms with Gasteiger partial charge in [-0.1, -0.05) is 53.5 Å². The Bertz CT molecular complexity index is 1360. The third kappa shape index (κ3) is 4.96. The maximum atomic E-state index is 13.3. The molecule has 1 amide bonds. The Kier molecular flexibility index (Phi) is 6.84. The summed E-state index contributed by atoms with van der Waals surface area (Å²) >= 11 is 12.2. The number of methoxy groups -OCH3 is 1. The Morgan fingerprint density at radius 3 is 2.52 bits per heavy atom. The third-order valence-electron chi connectivity index (χ3n) is 5.27. The lowest BCUT2D eigenvalue weighted by Gasteiger charge is -2.06. The number of carbonyl (C=O) groups is 2. The number of nitrogens with one attached hydrogen (secondary N) is 1. The average Bonchev–Trinajstić information content (AvgIpc) is 3.15. The van der Waals surface area contributed by atoms with Crippen LogP contribution in [0.5, 0.6) is 0 Å². The molecule has 0 aliphatic carbocycles. The maximum Gasteiger partial charge on any atom is 0.230 e. The number of carbonyl (C=O) groups excluding carboxylic acids is 2. The number of furan rings is 1. The fraction of sp³-hybridized carbons (Fsp3) is 0.154. The zero-order valence-electron chi connectivity index (χ0n) is 18.1. The molecule has 0 saturated carbocycles. The molecule has 0 aliphatic rings. The van der Waals surface area contributed by atoms with Crippen molar-refractivity contribution in [2.45, 2.75) is 20.1 Å². The first-order valence-corrected chi connectivity index (χ1v) is 11.0. The minimum atomic E-state index is -0.334. The number of hydrogen-bond donors (Lipinski definition) is 1. The van der Waals surface area contributed by atoms with E-state index < -0.39 is 0 Å². The summed E-state index contributed by atoms with van der Waals surface area (Å²) in [5.74, 6) is -0.229. The van der Waals surface area contributed by atoms with Crippen LogP contribution < -0.4 is 5.32 Å². The van der Waals surface area contributed by atoms with Crippen LogP contribution in [0.2, 0.25) is 10.0 Å². The first-order chi connectivity index (χ1) is 15.9. The molecule has 1 aromatic heterocycles. The first kappa shape index (κ1) is 23.1. The van der Waals surface area contributed by atoms with Gasteiger partial charge >= 0.3 is 0 Å². The molecule has 7 heteroatoms. The standard InChI is InChI=1S/C26H21Cl2NO4/c1-15(30)29-13-16-4-3-5-17(10-16)18-6-8-20-22(14-32-2)26(33-24(20)11-18)25(31)21-9-7-19(27)12-23(21)28/h3-12H,13-14H2,1-2H3,(H,29,30). The second-order valence-corrected chi connectivity index (χ2v) is 8.46. The first-order valence-electron chi connectivity index (χ1n) is 10.2. The van der Waals surface area contributed by atoms with E-state index in [0.29, 0.717) is 28.3 Å². The minimum Gasteiger partial charge on any atom is -0.452 e. The number of amides is 1. The normalized spacial score (nSPS) is 11.0. The Balaban J connectivity index is 1.75. The number of ketones is 1. The fourth-order valence-electron chi connectivity index (χ4n) is 3.68. The molecule has 0 fully saturated rings. The zero-order chi connectivity index (χ0) is 23.5. The van der Waals surface area contributed by atoms with Gasteiger partial charge in [0.1, 0.15) is 5.58 Å². The highest BCUT2D eigenvalue weighted by Gasteiger charge is 2.24. The van der Waals surface area contributed by atoms with E-state index in [4.69, 9.17) is 32.4 Å². The van der Waals surface area contributed by atoms with E-state index in [2.05, 4.69) is 5.32 Å². The monoisotopic (exact) mass is 481 g/mol. The number of fused-ring (bicyclic) bond motifs is 1. The van der Waals surface area contributed by atoms with Gasteiger partial charge in [-0.25, -0.2) is 0 Å². The molecule has 4 aromatic rings. The molecule has 0 unspecified atom stereocenters. The highest BCUT2D eigenvalue weighted by Crippen LogP contribution is 2.34. The number of ether oxygens (including phenoxy) is 1. The molecule has 0 aliphatic heterocycles. The highest BCUT2D eigenvalue weighted by molar-refractivity contribution is 6.37. The van der Waals surface area contributed by atoms with Crippen LogP contribution in [0, 0.1) is 0 Å². The van der Waals surface area contributed by atoms with E-state index in [9.17, 15) is 9.59 Å². The van der Waals surface area contributed by atoms with Crippen molar-refractivity contribution in [2.24, 2.45) is 0 Å². The van der Waals surface area contributed by atoms with Crippen LogP contribution in [0.1, 0.15) is 34.2 Å². The van der Waals surface area contributed by atoms with Crippen molar-refractivity contribution in [3.05, 3.63) is 93.2 Å². The van der Waals surface area contributed by atoms with Crippen molar-refractivity contribution < 1.29 is 18.7 Å². The molecule has 3 aromatic carbocycles. The van der Waals surface area contributed by atoms with Gasteiger partial charge in [0.2, 0.25) is 11.7 Å². The van der Waals surface area contributed by atoms with Crippen molar-refractivity contribution in [1.29, 1.82) is 0 Å². The molecule has 4 rings (SSSR count). The van der Waals surface area contributed by atoms with Crippen LogP contribution in [-0.4, -0.2) is 18.8 Å². The Morgan fingerprint density at radius 1 is 1.00 bits per heavy atom. The SMILES string of the molecule is COCc1c(C(=O)c2ccc(Cl)cc2Cl)oc2cc(-c3cccc(CNC(C)=O)c3)ccc12. The number of benzene rings is 3. The van der Waals surface area contributed by atoms with Crippen LogP contribution in [-0.2, 0) is 22.7 Å². The summed E-state index contributed by atoms with van der Waals surface area (Å²) in [6, 6.07) is 18.4. The second-order valence-electron chi connectivity index (χ2n) is 7.62. The van der Waals surface area contributed by atoms with Crippen molar-refractivity contribution in [2.75, 3.05) is 7.11 Å². The van der Waals surface area contributed by atoms with Gasteiger partial charge in [0.15, 0.2) is 5.76 Å². The van der Waals surface area contributed by atoms with Gasteiger partial charge in [-0.3, -0.25) is 9.59 Å². The fourth-order valence-corrected chi connectivity index (χ4v) is 4.18. The van der Waals surface area contributed by atoms with E-state index in [1.807, 2.05) is 42.5 Å². The van der Waals surface area contributed by atoms with E-state index in [0.717, 1.165) is 22.1 Å². The zero-order valence-corrected chi connectivity index (χ0v) is 19.6. The highest BCUT2D eigenvalue weighted by atomic mass is 35.5. The summed E-state index contributed by atoms with van der Waals surface area (Å²) in [6.07, 6.45) is 0. The summed E-state index contributed by atoms with van der Waals surface area (Å²) in [6.45, 7) is 2.15. The van der Waals surface area contributed by atoms with Gasteiger partial charge in [0.05, 0.1) is 11.6 Å². The molecule has 5 nitrogen and oxygen atoms in total. The quantitative estimate of drug-likeness (QED) is 0.309. The largest absolute Gasteiger partial charge is 0.452 e. The molecular formula is C26H21Cl2NO4. The van der Waals surface area contributed by atoms with E-state index in [-0.39, 0.29) is 29.1 Å². The topological polar surface area (TPSA) is 68.5 Å². The summed E-state index contributed by atoms with van der Waals surface area (Å²) in [5, 5.41) is 4.30. The maximum absolute atomic E-state index is 13.3. The number of rotatable bonds is 7. The van der Waals surface area contributed by atoms with Crippen molar-refractivity contribution in [3.63, 3.8) is 0 Å².